The third-order valence-electron chi connectivity index (χ3n) is 15.6. The number of aliphatic hydroxyl groups excluding tert-OH is 6. The van der Waals surface area contributed by atoms with Crippen molar-refractivity contribution in [2.75, 3.05) is 42.3 Å². The third kappa shape index (κ3) is 20.1. The molecule has 6 aromatic heterocycles. The van der Waals surface area contributed by atoms with Gasteiger partial charge in [-0.2, -0.15) is 12.9 Å². The van der Waals surface area contributed by atoms with Gasteiger partial charge in [-0.3, -0.25) is 27.3 Å². The van der Waals surface area contributed by atoms with E-state index >= 15 is 0 Å². The Morgan fingerprint density at radius 2 is 0.755 bits per heavy atom. The van der Waals surface area contributed by atoms with E-state index in [1.807, 2.05) is 103 Å². The van der Waals surface area contributed by atoms with Crippen molar-refractivity contribution >= 4 is 114 Å². The maximum atomic E-state index is 11.7. The summed E-state index contributed by atoms with van der Waals surface area (Å²) in [4.78, 5) is 118. The summed E-state index contributed by atoms with van der Waals surface area (Å²) in [6.07, 6.45) is -8.35. The fraction of sp³-hybridized carbons (Fsp3) is 0.327. The molecule has 45 nitrogen and oxygen atoms in total. The van der Waals surface area contributed by atoms with Crippen molar-refractivity contribution in [1.82, 2.24) is 58.6 Å². The summed E-state index contributed by atoms with van der Waals surface area (Å²) in [7, 11) is -31.4. The first-order valence-corrected chi connectivity index (χ1v) is 39.8. The Bertz CT molecular complexity index is 5000. The monoisotopic (exact) mass is 1600 g/mol. The summed E-state index contributed by atoms with van der Waals surface area (Å²) >= 11 is 0. The molecule has 15 atom stereocenters. The molecular weight excluding hydrogens is 1540 g/mol. The zero-order chi connectivity index (χ0) is 76.1. The van der Waals surface area contributed by atoms with Crippen molar-refractivity contribution in [3.05, 3.63) is 152 Å². The van der Waals surface area contributed by atoms with E-state index in [1.54, 1.807) is 0 Å². The Kier molecular flexibility index (Phi) is 25.0. The van der Waals surface area contributed by atoms with Gasteiger partial charge >= 0.3 is 46.9 Å². The minimum absolute atomic E-state index is 0.258. The van der Waals surface area contributed by atoms with E-state index < -0.39 is 140 Å². The van der Waals surface area contributed by atoms with Crippen molar-refractivity contribution in [3.8, 4) is 0 Å². The molecule has 0 saturated carbocycles. The van der Waals surface area contributed by atoms with Gasteiger partial charge in [0.05, 0.1) is 38.8 Å². The van der Waals surface area contributed by atoms with E-state index in [0.717, 1.165) is 34.0 Å². The number of hydrogen-bond acceptors (Lipinski definition) is 33. The lowest BCUT2D eigenvalue weighted by Crippen LogP contribution is -2.33. The molecule has 0 aliphatic carbocycles. The predicted molar refractivity (Wildman–Crippen MR) is 360 cm³/mol. The highest BCUT2D eigenvalue weighted by Gasteiger charge is 2.49. The second-order valence-corrected chi connectivity index (χ2v) is 31.4. The normalized spacial score (nSPS) is 24.4. The van der Waals surface area contributed by atoms with Gasteiger partial charge in [-0.1, -0.05) is 97.1 Å². The minimum Gasteiger partial charge on any atom is -0.387 e. The van der Waals surface area contributed by atoms with Crippen molar-refractivity contribution in [2.45, 2.75) is 86.6 Å². The van der Waals surface area contributed by atoms with Gasteiger partial charge in [0.2, 0.25) is 0 Å². The standard InChI is InChI=1S/C20H21N5O10P2.C18H23N5O10P2.C17H21N5O10P2/c26-16-14(8-33-37(31,32)35-36(28,29)30)34-20(17(16)27)25-10-23-15-18(21-9-22-19(15)25)24-13-7-3-5-11-4-1-2-6-12(11)13;24-14-12(8-31-35(29,30)33-34(26,27)28)32-18(15(14)25)23-10-22-13-16(20-9-21-17(13)23)19-7-6-11-4-2-1-3-5-11;23-13-11(7-30-34(28,29)32-33(25,26)27)31-17(14(13)24)22-9-21-12-15(19-8-20-16(12)22)18-6-10-4-2-1-3-5-10/h1-7,9-10,14,16-17,20,26-27H,8H2,(H,31,32)(H,21,22,24)(H2,28,29,30);1-5,9-10,12,14-15,18,24-25H,6-8H2,(H,29,30)(H,19,20,21)(H2,26,27,28);1-5,8-9,11,13-14,17,23-24H,6-7H2,(H,28,29)(H,18,19,20)(H2,25,26,27)/t14-,16-,17-,20-;12-,14-,15-,18-;11-,13-,14-,17-/m111/s1. The number of fused-ring (bicyclic) bond motifs is 4. The van der Waals surface area contributed by atoms with Gasteiger partial charge in [0, 0.05) is 24.2 Å². The molecule has 3 fully saturated rings. The van der Waals surface area contributed by atoms with E-state index in [1.165, 1.54) is 51.7 Å². The number of benzene rings is 4. The number of rotatable bonds is 27. The Labute approximate surface area is 594 Å². The highest BCUT2D eigenvalue weighted by molar-refractivity contribution is 7.61. The van der Waals surface area contributed by atoms with E-state index in [9.17, 15) is 72.7 Å². The van der Waals surface area contributed by atoms with Crippen LogP contribution in [0.3, 0.4) is 0 Å². The topological polar surface area (TPSA) is 656 Å². The van der Waals surface area contributed by atoms with Crippen LogP contribution in [0.25, 0.3) is 44.3 Å². The molecule has 18 N–H and O–H groups in total. The lowest BCUT2D eigenvalue weighted by atomic mass is 10.1. The number of ether oxygens (including phenoxy) is 3. The lowest BCUT2D eigenvalue weighted by Gasteiger charge is -2.17. The molecule has 0 bridgehead atoms. The quantitative estimate of drug-likeness (QED) is 0.0328. The maximum absolute atomic E-state index is 11.7. The molecule has 0 amide bonds. The molecule has 3 unspecified atom stereocenters. The van der Waals surface area contributed by atoms with Crippen molar-refractivity contribution < 1.29 is 143 Å². The van der Waals surface area contributed by atoms with Crippen LogP contribution in [0.1, 0.15) is 29.8 Å². The summed E-state index contributed by atoms with van der Waals surface area (Å²) in [6.45, 7) is -1.40. The second kappa shape index (κ2) is 33.2. The Balaban J connectivity index is 0.000000159. The first kappa shape index (κ1) is 79.6. The number of nitrogens with one attached hydrogen (secondary N) is 3. The van der Waals surface area contributed by atoms with Crippen LogP contribution in [0.15, 0.2) is 141 Å². The maximum Gasteiger partial charge on any atom is 0.481 e. The van der Waals surface area contributed by atoms with Crippen LogP contribution in [0.2, 0.25) is 0 Å². The molecule has 9 heterocycles. The molecule has 570 valence electrons. The SMILES string of the molecule is O=P(O)(O)OP(=O)(O)OC[C@H]1O[C@@H](n2cnc3c(NCCc4ccccc4)ncnc32)[C@H](O)[C@@H]1O.O=P(O)(O)OP(=O)(O)OC[C@H]1O[C@@H](n2cnc3c(NCc4ccccc4)ncnc32)[C@H](O)[C@@H]1O.O=P(O)(O)OP(=O)(O)OC[C@H]1O[C@@H](n2cnc3c(Nc4cccc5ccccc45)ncnc32)[C@H](O)[C@@H]1O. The Hall–Kier alpha value is -7.39. The summed E-state index contributed by atoms with van der Waals surface area (Å²) in [5.41, 5.74) is 4.86. The van der Waals surface area contributed by atoms with Crippen molar-refractivity contribution in [2.24, 2.45) is 0 Å². The number of phosphoric ester groups is 3. The molecule has 4 aromatic carbocycles. The first-order chi connectivity index (χ1) is 50.1. The second-order valence-electron chi connectivity index (χ2n) is 22.9. The van der Waals surface area contributed by atoms with Crippen LogP contribution < -0.4 is 16.0 Å². The molecule has 0 radical (unpaired) electrons. The molecule has 3 saturated heterocycles. The van der Waals surface area contributed by atoms with Gasteiger partial charge in [0.1, 0.15) is 73.9 Å². The molecular formula is C55H65N15O30P6. The van der Waals surface area contributed by atoms with Gasteiger partial charge in [-0.25, -0.2) is 72.2 Å². The number of hydrogen-bond donors (Lipinski definition) is 18. The number of aliphatic hydroxyl groups is 6. The average Bonchev–Trinajstić information content (AvgIpc) is 1.63. The molecule has 3 aliphatic heterocycles. The highest BCUT2D eigenvalue weighted by atomic mass is 31.3. The molecule has 0 spiro atoms. The van der Waals surface area contributed by atoms with Gasteiger partial charge in [-0.15, -0.1) is 0 Å². The summed E-state index contributed by atoms with van der Waals surface area (Å²) in [5, 5.41) is 74.1. The number of aromatic nitrogens is 12. The van der Waals surface area contributed by atoms with Gasteiger partial charge in [0.15, 0.2) is 69.6 Å². The highest BCUT2D eigenvalue weighted by Crippen LogP contribution is 2.60. The number of phosphoric acid groups is 6. The average molecular weight is 1600 g/mol. The number of imidazole rings is 3. The van der Waals surface area contributed by atoms with E-state index in [4.69, 9.17) is 43.6 Å². The molecule has 13 rings (SSSR count). The number of anilines is 4. The molecule has 3 aliphatic rings. The van der Waals surface area contributed by atoms with Gasteiger partial charge in [0.25, 0.3) is 0 Å². The van der Waals surface area contributed by atoms with Crippen LogP contribution in [0.5, 0.6) is 0 Å². The summed E-state index contributed by atoms with van der Waals surface area (Å²) < 4.78 is 113. The number of nitrogens with zero attached hydrogens (tertiary/aromatic N) is 12. The third-order valence-corrected chi connectivity index (χ3v) is 22.1. The molecule has 51 heteroatoms. The molecule has 10 aromatic rings. The fourth-order valence-corrected chi connectivity index (χ4v) is 15.7. The van der Waals surface area contributed by atoms with Crippen LogP contribution >= 0.6 is 46.9 Å². The van der Waals surface area contributed by atoms with E-state index in [0.29, 0.717) is 47.1 Å². The zero-order valence-electron chi connectivity index (χ0n) is 53.8. The van der Waals surface area contributed by atoms with Crippen molar-refractivity contribution in [3.63, 3.8) is 0 Å². The van der Waals surface area contributed by atoms with Gasteiger partial charge < -0.3 is 105 Å². The molecule has 106 heavy (non-hydrogen) atoms. The summed E-state index contributed by atoms with van der Waals surface area (Å²) in [6, 6.07) is 32.9. The Morgan fingerprint density at radius 1 is 0.396 bits per heavy atom. The van der Waals surface area contributed by atoms with Gasteiger partial charge in [-0.05, 0) is 29.0 Å². The largest absolute Gasteiger partial charge is 0.481 e. The Morgan fingerprint density at radius 3 is 1.17 bits per heavy atom. The van der Waals surface area contributed by atoms with Crippen LogP contribution in [0, 0.1) is 0 Å². The summed E-state index contributed by atoms with van der Waals surface area (Å²) in [5.74, 6) is 1.26. The minimum atomic E-state index is -5.32. The first-order valence-electron chi connectivity index (χ1n) is 30.7. The van der Waals surface area contributed by atoms with Crippen LogP contribution in [-0.2, 0) is 81.1 Å². The van der Waals surface area contributed by atoms with E-state index in [-0.39, 0.29) is 16.9 Å². The van der Waals surface area contributed by atoms with E-state index in [2.05, 4.69) is 87.3 Å². The van der Waals surface area contributed by atoms with Crippen LogP contribution in [0.4, 0.5) is 23.1 Å². The zero-order valence-corrected chi connectivity index (χ0v) is 59.2. The van der Waals surface area contributed by atoms with Crippen LogP contribution in [-0.4, -0.2) is 215 Å². The fourth-order valence-electron chi connectivity index (χ4n) is 10.9. The lowest BCUT2D eigenvalue weighted by molar-refractivity contribution is -0.0503. The predicted octanol–water partition coefficient (Wildman–Crippen LogP) is 2.18. The van der Waals surface area contributed by atoms with Crippen molar-refractivity contribution in [1.29, 1.82) is 0 Å². The smallest absolute Gasteiger partial charge is 0.387 e.